The van der Waals surface area contributed by atoms with Crippen molar-refractivity contribution in [1.82, 2.24) is 14.9 Å². The number of nitrogens with two attached hydrogens (primary N) is 1. The Bertz CT molecular complexity index is 805. The van der Waals surface area contributed by atoms with Crippen molar-refractivity contribution < 1.29 is 0 Å². The van der Waals surface area contributed by atoms with E-state index in [1.807, 2.05) is 24.3 Å². The van der Waals surface area contributed by atoms with Gasteiger partial charge in [-0.15, -0.1) is 0 Å². The van der Waals surface area contributed by atoms with Crippen LogP contribution in [0.2, 0.25) is 10.0 Å². The van der Waals surface area contributed by atoms with Crippen LogP contribution in [0.4, 0.5) is 5.95 Å². The van der Waals surface area contributed by atoms with Crippen LogP contribution in [0.5, 0.6) is 0 Å². The van der Waals surface area contributed by atoms with Gasteiger partial charge in [0.1, 0.15) is 0 Å². The molecule has 2 heterocycles. The molecule has 1 saturated carbocycles. The van der Waals surface area contributed by atoms with Crippen LogP contribution in [0.25, 0.3) is 0 Å². The van der Waals surface area contributed by atoms with Gasteiger partial charge in [-0.2, -0.15) is 0 Å². The van der Waals surface area contributed by atoms with Crippen molar-refractivity contribution in [3.63, 3.8) is 0 Å². The van der Waals surface area contributed by atoms with Gasteiger partial charge in [0.15, 0.2) is 5.96 Å². The van der Waals surface area contributed by atoms with Crippen molar-refractivity contribution in [3.8, 4) is 0 Å². The minimum absolute atomic E-state index is 0.225. The molecule has 0 radical (unpaired) electrons. The smallest absolute Gasteiger partial charge is 0.225 e. The lowest BCUT2D eigenvalue weighted by atomic mass is 10.1. The lowest BCUT2D eigenvalue weighted by Gasteiger charge is -2.35. The molecule has 1 aliphatic carbocycles. The highest BCUT2D eigenvalue weighted by Crippen LogP contribution is 2.44. The van der Waals surface area contributed by atoms with Crippen molar-refractivity contribution in [1.29, 1.82) is 0 Å². The van der Waals surface area contributed by atoms with Gasteiger partial charge in [0.2, 0.25) is 5.95 Å². The number of nitrogens with zero attached hydrogens (tertiary/aromatic N) is 5. The quantitative estimate of drug-likeness (QED) is 0.644. The third kappa shape index (κ3) is 3.71. The summed E-state index contributed by atoms with van der Waals surface area (Å²) in [6.45, 7) is 3.30. The fourth-order valence-electron chi connectivity index (χ4n) is 3.27. The van der Waals surface area contributed by atoms with Gasteiger partial charge in [0.25, 0.3) is 0 Å². The Hall–Kier alpha value is -2.05. The first kappa shape index (κ1) is 17.4. The van der Waals surface area contributed by atoms with Crippen LogP contribution in [0.15, 0.2) is 41.7 Å². The highest BCUT2D eigenvalue weighted by Gasteiger charge is 2.39. The summed E-state index contributed by atoms with van der Waals surface area (Å²) in [7, 11) is 0. The number of aliphatic imine (C=N–C) groups is 1. The molecule has 136 valence electrons. The summed E-state index contributed by atoms with van der Waals surface area (Å²) in [5, 5.41) is 1.17. The van der Waals surface area contributed by atoms with Gasteiger partial charge < -0.3 is 15.5 Å². The number of guanidine groups is 1. The second-order valence-corrected chi connectivity index (χ2v) is 7.41. The Morgan fingerprint density at radius 2 is 1.81 bits per heavy atom. The number of halogens is 2. The van der Waals surface area contributed by atoms with Gasteiger partial charge >= 0.3 is 0 Å². The number of rotatable bonds is 3. The summed E-state index contributed by atoms with van der Waals surface area (Å²) in [5.74, 6) is 1.76. The molecule has 1 aromatic carbocycles. The summed E-state index contributed by atoms with van der Waals surface area (Å²) in [5.41, 5.74) is 7.42. The minimum atomic E-state index is 0.225. The van der Waals surface area contributed by atoms with E-state index in [1.165, 1.54) is 5.56 Å². The molecule has 4 rings (SSSR count). The van der Waals surface area contributed by atoms with Crippen LogP contribution >= 0.6 is 23.2 Å². The molecule has 2 atom stereocenters. The zero-order valence-electron chi connectivity index (χ0n) is 14.2. The molecular formula is C18H20Cl2N6. The number of benzene rings is 1. The number of piperazine rings is 1. The van der Waals surface area contributed by atoms with Gasteiger partial charge in [-0.25, -0.2) is 15.0 Å². The molecule has 2 fully saturated rings. The van der Waals surface area contributed by atoms with E-state index >= 15 is 0 Å². The molecule has 6 nitrogen and oxygen atoms in total. The topological polar surface area (TPSA) is 70.6 Å². The summed E-state index contributed by atoms with van der Waals surface area (Å²) in [6.07, 6.45) is 4.53. The predicted molar refractivity (Wildman–Crippen MR) is 105 cm³/mol. The average molecular weight is 391 g/mol. The van der Waals surface area contributed by atoms with Crippen LogP contribution in [0.3, 0.4) is 0 Å². The average Bonchev–Trinajstić information content (AvgIpc) is 3.44. The molecular weight excluding hydrogens is 371 g/mol. The molecule has 1 aliphatic heterocycles. The Morgan fingerprint density at radius 3 is 2.50 bits per heavy atom. The SMILES string of the molecule is NC(=N[C@@H]1C[C@H]1c1ccc(Cl)c(Cl)c1)N1CCN(c2ncccn2)CC1. The van der Waals surface area contributed by atoms with Gasteiger partial charge in [-0.1, -0.05) is 29.3 Å². The van der Waals surface area contributed by atoms with Crippen molar-refractivity contribution in [3.05, 3.63) is 52.3 Å². The fraction of sp³-hybridized carbons (Fsp3) is 0.389. The van der Waals surface area contributed by atoms with Crippen LogP contribution < -0.4 is 10.6 Å². The molecule has 1 saturated heterocycles. The number of anilines is 1. The summed E-state index contributed by atoms with van der Waals surface area (Å²) < 4.78 is 0. The van der Waals surface area contributed by atoms with Crippen molar-refractivity contribution >= 4 is 35.1 Å². The summed E-state index contributed by atoms with van der Waals surface area (Å²) >= 11 is 12.1. The minimum Gasteiger partial charge on any atom is -0.370 e. The Balaban J connectivity index is 1.34. The van der Waals surface area contributed by atoms with Gasteiger partial charge in [0.05, 0.1) is 16.1 Å². The molecule has 2 N–H and O–H groups in total. The summed E-state index contributed by atoms with van der Waals surface area (Å²) in [4.78, 5) is 17.6. The van der Waals surface area contributed by atoms with E-state index in [0.717, 1.165) is 38.5 Å². The number of aromatic nitrogens is 2. The highest BCUT2D eigenvalue weighted by molar-refractivity contribution is 6.42. The molecule has 0 unspecified atom stereocenters. The van der Waals surface area contributed by atoms with E-state index in [2.05, 4.69) is 19.8 Å². The molecule has 2 aromatic rings. The maximum absolute atomic E-state index is 6.25. The third-order valence-electron chi connectivity index (χ3n) is 4.87. The maximum Gasteiger partial charge on any atom is 0.225 e. The Kier molecular flexibility index (Phi) is 4.87. The second-order valence-electron chi connectivity index (χ2n) is 6.59. The van der Waals surface area contributed by atoms with Gasteiger partial charge in [-0.05, 0) is 30.2 Å². The second kappa shape index (κ2) is 7.29. The van der Waals surface area contributed by atoms with Gasteiger partial charge in [0, 0.05) is 44.5 Å². The zero-order chi connectivity index (χ0) is 18.1. The molecule has 2 aliphatic rings. The molecule has 26 heavy (non-hydrogen) atoms. The molecule has 8 heteroatoms. The first-order valence-corrected chi connectivity index (χ1v) is 9.42. The molecule has 1 aromatic heterocycles. The highest BCUT2D eigenvalue weighted by atomic mass is 35.5. The zero-order valence-corrected chi connectivity index (χ0v) is 15.7. The van der Waals surface area contributed by atoms with Crippen molar-refractivity contribution in [2.24, 2.45) is 10.7 Å². The first-order chi connectivity index (χ1) is 12.6. The van der Waals surface area contributed by atoms with E-state index in [9.17, 15) is 0 Å². The number of hydrogen-bond donors (Lipinski definition) is 1. The van der Waals surface area contributed by atoms with Crippen LogP contribution in [-0.4, -0.2) is 53.0 Å². The van der Waals surface area contributed by atoms with Crippen LogP contribution in [-0.2, 0) is 0 Å². The maximum atomic E-state index is 6.25. The van der Waals surface area contributed by atoms with E-state index < -0.39 is 0 Å². The van der Waals surface area contributed by atoms with E-state index in [-0.39, 0.29) is 6.04 Å². The van der Waals surface area contributed by atoms with E-state index in [0.29, 0.717) is 21.9 Å². The third-order valence-corrected chi connectivity index (χ3v) is 5.60. The van der Waals surface area contributed by atoms with Crippen LogP contribution in [0, 0.1) is 0 Å². The van der Waals surface area contributed by atoms with Crippen molar-refractivity contribution in [2.45, 2.75) is 18.4 Å². The fourth-order valence-corrected chi connectivity index (χ4v) is 3.57. The molecule has 0 amide bonds. The lowest BCUT2D eigenvalue weighted by molar-refractivity contribution is 0.378. The van der Waals surface area contributed by atoms with Crippen molar-refractivity contribution in [2.75, 3.05) is 31.1 Å². The Labute approximate surface area is 162 Å². The predicted octanol–water partition coefficient (Wildman–Crippen LogP) is 2.78. The van der Waals surface area contributed by atoms with E-state index in [4.69, 9.17) is 33.9 Å². The largest absolute Gasteiger partial charge is 0.370 e. The monoisotopic (exact) mass is 390 g/mol. The van der Waals surface area contributed by atoms with Gasteiger partial charge in [-0.3, -0.25) is 0 Å². The number of hydrogen-bond acceptors (Lipinski definition) is 4. The van der Waals surface area contributed by atoms with Crippen LogP contribution in [0.1, 0.15) is 17.9 Å². The van der Waals surface area contributed by atoms with E-state index in [1.54, 1.807) is 12.4 Å². The standard InChI is InChI=1S/C18H20Cl2N6/c19-14-3-2-12(10-15(14)20)13-11-16(13)24-17(21)25-6-8-26(9-7-25)18-22-4-1-5-23-18/h1-5,10,13,16H,6-9,11H2,(H2,21,24)/t13-,16+/m0/s1. The molecule has 0 bridgehead atoms. The Morgan fingerprint density at radius 1 is 1.08 bits per heavy atom. The molecule has 0 spiro atoms. The lowest BCUT2D eigenvalue weighted by Crippen LogP contribution is -2.51. The first-order valence-electron chi connectivity index (χ1n) is 8.67. The summed E-state index contributed by atoms with van der Waals surface area (Å²) in [6, 6.07) is 7.83. The normalized spacial score (nSPS) is 23.2.